The number of carbonyl (C=O) groups is 1. The molecule has 0 bridgehead atoms. The molecular weight excluding hydrogens is 536 g/mol. The number of amides is 2. The average Bonchev–Trinajstić information content (AvgIpc) is 3.41. The lowest BCUT2D eigenvalue weighted by Gasteiger charge is -2.25. The summed E-state index contributed by atoms with van der Waals surface area (Å²) in [5.41, 5.74) is 8.99. The number of nitrogens with zero attached hydrogens (tertiary/aromatic N) is 5. The topological polar surface area (TPSA) is 99.5 Å². The summed E-state index contributed by atoms with van der Waals surface area (Å²) < 4.78 is 2.03. The van der Waals surface area contributed by atoms with Crippen molar-refractivity contribution in [2.24, 2.45) is 0 Å². The Balaban J connectivity index is 1.20. The first-order valence-electron chi connectivity index (χ1n) is 14.2. The van der Waals surface area contributed by atoms with E-state index < -0.39 is 0 Å². The molecule has 43 heavy (non-hydrogen) atoms. The van der Waals surface area contributed by atoms with Crippen LogP contribution in [-0.4, -0.2) is 43.9 Å². The van der Waals surface area contributed by atoms with Crippen LogP contribution in [0.2, 0.25) is 0 Å². The van der Waals surface area contributed by atoms with Gasteiger partial charge in [0, 0.05) is 48.1 Å². The zero-order chi connectivity index (χ0) is 29.2. The van der Waals surface area contributed by atoms with Crippen LogP contribution < -0.4 is 16.0 Å². The fourth-order valence-electron chi connectivity index (χ4n) is 5.46. The summed E-state index contributed by atoms with van der Waals surface area (Å²) in [5.74, 6) is 0.506. The van der Waals surface area contributed by atoms with Gasteiger partial charge in [-0.05, 0) is 79.2 Å². The first kappa shape index (κ1) is 26.4. The number of pyridine rings is 1. The van der Waals surface area contributed by atoms with Crippen LogP contribution in [0.4, 0.5) is 27.8 Å². The van der Waals surface area contributed by atoms with E-state index in [1.165, 1.54) is 11.1 Å². The Kier molecular flexibility index (Phi) is 6.98. The molecule has 1 aliphatic heterocycles. The van der Waals surface area contributed by atoms with E-state index in [1.807, 2.05) is 89.5 Å². The summed E-state index contributed by atoms with van der Waals surface area (Å²) in [6.07, 6.45) is 4.80. The Morgan fingerprint density at radius 2 is 1.63 bits per heavy atom. The second kappa shape index (κ2) is 11.4. The molecule has 0 fully saturated rings. The Hall–Kier alpha value is -5.54. The lowest BCUT2D eigenvalue weighted by Crippen LogP contribution is -2.26. The van der Waals surface area contributed by atoms with E-state index in [1.54, 1.807) is 6.20 Å². The van der Waals surface area contributed by atoms with Gasteiger partial charge in [-0.25, -0.2) is 19.7 Å². The number of urea groups is 1. The van der Waals surface area contributed by atoms with Gasteiger partial charge in [0.25, 0.3) is 0 Å². The van der Waals surface area contributed by atoms with Gasteiger partial charge in [0.1, 0.15) is 5.65 Å². The summed E-state index contributed by atoms with van der Waals surface area (Å²) in [6, 6.07) is 30.9. The SMILES string of the molecule is CN1CCc2ccc(Nc3nccc(-c4c(-c5cccc(NC(=O)Nc6ccccc6)c5)nc5ccccn45)n3)cc2C1. The number of hydrogen-bond acceptors (Lipinski definition) is 6. The third-order valence-corrected chi connectivity index (χ3v) is 7.52. The highest BCUT2D eigenvalue weighted by Crippen LogP contribution is 2.33. The van der Waals surface area contributed by atoms with Crippen molar-refractivity contribution in [2.75, 3.05) is 29.5 Å². The molecule has 212 valence electrons. The minimum Gasteiger partial charge on any atom is -0.324 e. The largest absolute Gasteiger partial charge is 0.324 e. The van der Waals surface area contributed by atoms with Crippen LogP contribution in [0.15, 0.2) is 109 Å². The molecule has 6 aromatic rings. The van der Waals surface area contributed by atoms with Crippen LogP contribution in [0.1, 0.15) is 11.1 Å². The van der Waals surface area contributed by atoms with Gasteiger partial charge >= 0.3 is 6.03 Å². The molecule has 7 rings (SSSR count). The number of hydrogen-bond donors (Lipinski definition) is 3. The number of fused-ring (bicyclic) bond motifs is 2. The predicted molar refractivity (Wildman–Crippen MR) is 171 cm³/mol. The molecule has 0 spiro atoms. The van der Waals surface area contributed by atoms with Gasteiger partial charge < -0.3 is 20.9 Å². The van der Waals surface area contributed by atoms with E-state index in [4.69, 9.17) is 9.97 Å². The standard InChI is InChI=1S/C34H30N8O/c1-41-19-16-23-13-14-28(21-25(23)22-41)36-33-35-17-15-29(39-33)32-31(40-30-12-5-6-18-42(30)32)24-8-7-11-27(20-24)38-34(43)37-26-9-3-2-4-10-26/h2-15,17-18,20-21H,16,19,22H2,1H3,(H,35,36,39)(H2,37,38,43). The van der Waals surface area contributed by atoms with Crippen molar-refractivity contribution in [1.82, 2.24) is 24.3 Å². The molecule has 2 amide bonds. The van der Waals surface area contributed by atoms with Crippen LogP contribution in [0.25, 0.3) is 28.3 Å². The third kappa shape index (κ3) is 5.66. The fraction of sp³-hybridized carbons (Fsp3) is 0.118. The van der Waals surface area contributed by atoms with Crippen molar-refractivity contribution in [3.63, 3.8) is 0 Å². The first-order valence-corrected chi connectivity index (χ1v) is 14.2. The van der Waals surface area contributed by atoms with E-state index in [9.17, 15) is 4.79 Å². The number of carbonyl (C=O) groups excluding carboxylic acids is 1. The maximum Gasteiger partial charge on any atom is 0.323 e. The molecule has 1 aliphatic rings. The molecule has 9 heteroatoms. The van der Waals surface area contributed by atoms with Crippen LogP contribution in [-0.2, 0) is 13.0 Å². The quantitative estimate of drug-likeness (QED) is 0.204. The van der Waals surface area contributed by atoms with Crippen molar-refractivity contribution in [3.8, 4) is 22.6 Å². The molecule has 0 saturated heterocycles. The van der Waals surface area contributed by atoms with E-state index in [-0.39, 0.29) is 6.03 Å². The van der Waals surface area contributed by atoms with Crippen LogP contribution in [0.5, 0.6) is 0 Å². The van der Waals surface area contributed by atoms with Gasteiger partial charge in [0.15, 0.2) is 0 Å². The van der Waals surface area contributed by atoms with E-state index in [0.717, 1.165) is 59.2 Å². The van der Waals surface area contributed by atoms with Crippen molar-refractivity contribution in [2.45, 2.75) is 13.0 Å². The molecule has 0 atom stereocenters. The molecule has 0 radical (unpaired) electrons. The molecular formula is C34H30N8O. The molecule has 4 heterocycles. The highest BCUT2D eigenvalue weighted by Gasteiger charge is 2.19. The second-order valence-electron chi connectivity index (χ2n) is 10.6. The van der Waals surface area contributed by atoms with Crippen LogP contribution >= 0.6 is 0 Å². The number of nitrogens with one attached hydrogen (secondary N) is 3. The number of rotatable bonds is 6. The monoisotopic (exact) mass is 566 g/mol. The summed E-state index contributed by atoms with van der Waals surface area (Å²) in [4.78, 5) is 29.4. The number of aromatic nitrogens is 4. The average molecular weight is 567 g/mol. The molecule has 0 aliphatic carbocycles. The lowest BCUT2D eigenvalue weighted by atomic mass is 9.99. The van der Waals surface area contributed by atoms with Gasteiger partial charge in [-0.15, -0.1) is 0 Å². The predicted octanol–water partition coefficient (Wildman–Crippen LogP) is 6.83. The smallest absolute Gasteiger partial charge is 0.323 e. The van der Waals surface area contributed by atoms with E-state index in [2.05, 4.69) is 51.1 Å². The summed E-state index contributed by atoms with van der Waals surface area (Å²) in [5, 5.41) is 9.19. The number of para-hydroxylation sites is 1. The Bertz CT molecular complexity index is 1930. The zero-order valence-corrected chi connectivity index (χ0v) is 23.7. The lowest BCUT2D eigenvalue weighted by molar-refractivity contribution is 0.262. The minimum atomic E-state index is -0.320. The number of imidazole rings is 1. The van der Waals surface area contributed by atoms with E-state index >= 15 is 0 Å². The molecule has 3 aromatic heterocycles. The van der Waals surface area contributed by atoms with Crippen LogP contribution in [0.3, 0.4) is 0 Å². The van der Waals surface area contributed by atoms with Crippen LogP contribution in [0, 0.1) is 0 Å². The van der Waals surface area contributed by atoms with Crippen molar-refractivity contribution in [1.29, 1.82) is 0 Å². The summed E-state index contributed by atoms with van der Waals surface area (Å²) >= 11 is 0. The summed E-state index contributed by atoms with van der Waals surface area (Å²) in [6.45, 7) is 2.01. The van der Waals surface area contributed by atoms with Gasteiger partial charge in [-0.1, -0.05) is 42.5 Å². The molecule has 3 aromatic carbocycles. The highest BCUT2D eigenvalue weighted by molar-refractivity contribution is 6.00. The maximum atomic E-state index is 12.7. The molecule has 0 saturated carbocycles. The molecule has 0 unspecified atom stereocenters. The Morgan fingerprint density at radius 1 is 0.791 bits per heavy atom. The van der Waals surface area contributed by atoms with Gasteiger partial charge in [0.2, 0.25) is 5.95 Å². The number of likely N-dealkylation sites (N-methyl/N-ethyl adjacent to an activating group) is 1. The van der Waals surface area contributed by atoms with E-state index in [0.29, 0.717) is 11.6 Å². The Labute approximate surface area is 249 Å². The summed E-state index contributed by atoms with van der Waals surface area (Å²) in [7, 11) is 2.15. The molecule has 9 nitrogen and oxygen atoms in total. The highest BCUT2D eigenvalue weighted by atomic mass is 16.2. The van der Waals surface area contributed by atoms with Crippen molar-refractivity contribution >= 4 is 34.7 Å². The second-order valence-corrected chi connectivity index (χ2v) is 10.6. The first-order chi connectivity index (χ1) is 21.1. The third-order valence-electron chi connectivity index (χ3n) is 7.52. The zero-order valence-electron chi connectivity index (χ0n) is 23.7. The van der Waals surface area contributed by atoms with Gasteiger partial charge in [-0.2, -0.15) is 0 Å². The van der Waals surface area contributed by atoms with Gasteiger partial charge in [-0.3, -0.25) is 4.40 Å². The maximum absolute atomic E-state index is 12.7. The van der Waals surface area contributed by atoms with Crippen molar-refractivity contribution in [3.05, 3.63) is 121 Å². The Morgan fingerprint density at radius 3 is 2.53 bits per heavy atom. The van der Waals surface area contributed by atoms with Gasteiger partial charge in [0.05, 0.1) is 17.1 Å². The fourth-order valence-corrected chi connectivity index (χ4v) is 5.46. The normalized spacial score (nSPS) is 13.0. The molecule has 3 N–H and O–H groups in total. The minimum absolute atomic E-state index is 0.320. The number of benzene rings is 3. The number of anilines is 4. The van der Waals surface area contributed by atoms with Crippen molar-refractivity contribution < 1.29 is 4.79 Å².